The van der Waals surface area contributed by atoms with Gasteiger partial charge in [-0.15, -0.1) is 0 Å². The molecule has 2 aromatic carbocycles. The minimum atomic E-state index is -0.466. The second-order valence-corrected chi connectivity index (χ2v) is 4.11. The zero-order valence-electron chi connectivity index (χ0n) is 8.67. The zero-order valence-corrected chi connectivity index (χ0v) is 10.3. The molecule has 0 bridgehead atoms. The maximum absolute atomic E-state index is 10.8. The largest absolute Gasteiger partial charge is 0.449 e. The van der Waals surface area contributed by atoms with E-state index in [0.29, 0.717) is 5.75 Å². The predicted molar refractivity (Wildman–Crippen MR) is 67.3 cm³/mol. The van der Waals surface area contributed by atoms with E-state index in [4.69, 9.17) is 4.74 Å². The zero-order chi connectivity index (χ0) is 12.3. The molecule has 0 N–H and O–H groups in total. The number of nitro benzene ring substituents is 1. The molecule has 0 amide bonds. The summed E-state index contributed by atoms with van der Waals surface area (Å²) in [6.45, 7) is 0. The van der Waals surface area contributed by atoms with Gasteiger partial charge in [0.05, 0.1) is 9.40 Å². The highest BCUT2D eigenvalue weighted by atomic mass is 79.9. The van der Waals surface area contributed by atoms with Gasteiger partial charge in [0.1, 0.15) is 5.75 Å². The molecule has 0 atom stereocenters. The van der Waals surface area contributed by atoms with Crippen LogP contribution in [0.4, 0.5) is 5.69 Å². The first-order chi connectivity index (χ1) is 8.18. The second-order valence-electron chi connectivity index (χ2n) is 3.26. The number of rotatable bonds is 3. The Morgan fingerprint density at radius 1 is 1.00 bits per heavy atom. The molecular formula is C12H8BrNO3. The minimum absolute atomic E-state index is 0.0525. The number of hydrogen-bond donors (Lipinski definition) is 0. The van der Waals surface area contributed by atoms with Gasteiger partial charge in [0.2, 0.25) is 5.75 Å². The Morgan fingerprint density at radius 2 is 1.59 bits per heavy atom. The molecule has 0 unspecified atom stereocenters. The number of nitro groups is 1. The molecule has 5 heteroatoms. The third-order valence-corrected chi connectivity index (χ3v) is 2.77. The average molecular weight is 294 g/mol. The number of ether oxygens (including phenoxy) is 1. The predicted octanol–water partition coefficient (Wildman–Crippen LogP) is 4.15. The maximum Gasteiger partial charge on any atom is 0.311 e. The van der Waals surface area contributed by atoms with Crippen LogP contribution in [0.5, 0.6) is 11.5 Å². The summed E-state index contributed by atoms with van der Waals surface area (Å²) in [7, 11) is 0. The number of hydrogen-bond acceptors (Lipinski definition) is 3. The van der Waals surface area contributed by atoms with Crippen molar-refractivity contribution in [1.29, 1.82) is 0 Å². The summed E-state index contributed by atoms with van der Waals surface area (Å²) in [6, 6.07) is 13.5. The quantitative estimate of drug-likeness (QED) is 0.631. The molecule has 0 fully saturated rings. The molecule has 0 saturated carbocycles. The van der Waals surface area contributed by atoms with Crippen molar-refractivity contribution in [3.63, 3.8) is 0 Å². The molecule has 86 valence electrons. The first kappa shape index (κ1) is 11.6. The van der Waals surface area contributed by atoms with E-state index < -0.39 is 4.92 Å². The Bertz CT molecular complexity index is 557. The van der Waals surface area contributed by atoms with E-state index in [2.05, 4.69) is 15.9 Å². The first-order valence-corrected chi connectivity index (χ1v) is 5.63. The van der Waals surface area contributed by atoms with E-state index in [-0.39, 0.29) is 11.4 Å². The monoisotopic (exact) mass is 293 g/mol. The molecule has 0 saturated heterocycles. The highest BCUT2D eigenvalue weighted by molar-refractivity contribution is 9.10. The first-order valence-electron chi connectivity index (χ1n) is 4.84. The highest BCUT2D eigenvalue weighted by Gasteiger charge is 2.15. The lowest BCUT2D eigenvalue weighted by molar-refractivity contribution is -0.385. The van der Waals surface area contributed by atoms with Gasteiger partial charge >= 0.3 is 5.69 Å². The molecule has 0 spiro atoms. The van der Waals surface area contributed by atoms with Crippen LogP contribution in [-0.4, -0.2) is 4.92 Å². The van der Waals surface area contributed by atoms with Crippen molar-refractivity contribution < 1.29 is 9.66 Å². The van der Waals surface area contributed by atoms with Gasteiger partial charge in [0, 0.05) is 6.07 Å². The van der Waals surface area contributed by atoms with Crippen LogP contribution in [0.2, 0.25) is 0 Å². The Morgan fingerprint density at radius 3 is 2.24 bits per heavy atom. The van der Waals surface area contributed by atoms with Crippen LogP contribution in [0.15, 0.2) is 53.0 Å². The lowest BCUT2D eigenvalue weighted by Gasteiger charge is -2.07. The van der Waals surface area contributed by atoms with Crippen molar-refractivity contribution in [2.45, 2.75) is 0 Å². The van der Waals surface area contributed by atoms with E-state index in [0.717, 1.165) is 4.47 Å². The Labute approximate surface area is 106 Å². The fraction of sp³-hybridized carbons (Fsp3) is 0. The van der Waals surface area contributed by atoms with Crippen molar-refractivity contribution in [3.8, 4) is 11.5 Å². The van der Waals surface area contributed by atoms with Crippen LogP contribution >= 0.6 is 15.9 Å². The van der Waals surface area contributed by atoms with Gasteiger partial charge in [-0.05, 0) is 34.1 Å². The molecule has 2 aromatic rings. The van der Waals surface area contributed by atoms with Crippen molar-refractivity contribution in [1.82, 2.24) is 0 Å². The fourth-order valence-corrected chi connectivity index (χ4v) is 1.71. The summed E-state index contributed by atoms with van der Waals surface area (Å²) in [5.74, 6) is 0.770. The highest BCUT2D eigenvalue weighted by Crippen LogP contribution is 2.34. The molecule has 4 nitrogen and oxygen atoms in total. The Balaban J connectivity index is 2.37. The van der Waals surface area contributed by atoms with E-state index in [1.807, 2.05) is 12.1 Å². The lowest BCUT2D eigenvalue weighted by atomic mass is 10.3. The third kappa shape index (κ3) is 2.62. The topological polar surface area (TPSA) is 52.4 Å². The van der Waals surface area contributed by atoms with Gasteiger partial charge in [-0.25, -0.2) is 0 Å². The lowest BCUT2D eigenvalue weighted by Crippen LogP contribution is -1.93. The maximum atomic E-state index is 10.8. The number of halogens is 1. The Kier molecular flexibility index (Phi) is 3.39. The van der Waals surface area contributed by atoms with Gasteiger partial charge in [0.15, 0.2) is 0 Å². The summed E-state index contributed by atoms with van der Waals surface area (Å²) in [5, 5.41) is 10.8. The second kappa shape index (κ2) is 4.97. The van der Waals surface area contributed by atoms with Gasteiger partial charge in [-0.1, -0.05) is 24.3 Å². The molecule has 17 heavy (non-hydrogen) atoms. The summed E-state index contributed by atoms with van der Waals surface area (Å²) < 4.78 is 6.26. The van der Waals surface area contributed by atoms with E-state index in [1.165, 1.54) is 6.07 Å². The van der Waals surface area contributed by atoms with Gasteiger partial charge < -0.3 is 4.74 Å². The normalized spacial score (nSPS) is 9.94. The summed E-state index contributed by atoms with van der Waals surface area (Å²) >= 11 is 3.32. The molecule has 0 radical (unpaired) electrons. The van der Waals surface area contributed by atoms with Crippen LogP contribution in [-0.2, 0) is 0 Å². The van der Waals surface area contributed by atoms with Crippen LogP contribution < -0.4 is 4.74 Å². The average Bonchev–Trinajstić information content (AvgIpc) is 2.32. The number of nitrogens with zero attached hydrogens (tertiary/aromatic N) is 1. The molecule has 0 aliphatic carbocycles. The van der Waals surface area contributed by atoms with Crippen LogP contribution in [0.25, 0.3) is 0 Å². The number of para-hydroxylation sites is 3. The van der Waals surface area contributed by atoms with Crippen LogP contribution in [0.1, 0.15) is 0 Å². The molecule has 2 rings (SSSR count). The van der Waals surface area contributed by atoms with E-state index in [9.17, 15) is 10.1 Å². The van der Waals surface area contributed by atoms with Gasteiger partial charge in [-0.2, -0.15) is 0 Å². The van der Waals surface area contributed by atoms with Crippen LogP contribution in [0.3, 0.4) is 0 Å². The summed E-state index contributed by atoms with van der Waals surface area (Å²) in [5.41, 5.74) is -0.0525. The van der Waals surface area contributed by atoms with E-state index >= 15 is 0 Å². The SMILES string of the molecule is O=[N+]([O-])c1ccccc1Oc1ccccc1Br. The summed E-state index contributed by atoms with van der Waals surface area (Å²) in [6.07, 6.45) is 0. The third-order valence-electron chi connectivity index (χ3n) is 2.12. The molecule has 0 aromatic heterocycles. The molecular weight excluding hydrogens is 286 g/mol. The Hall–Kier alpha value is -1.88. The van der Waals surface area contributed by atoms with Crippen molar-refractivity contribution >= 4 is 21.6 Å². The molecule has 0 heterocycles. The fourth-order valence-electron chi connectivity index (χ4n) is 1.34. The van der Waals surface area contributed by atoms with Gasteiger partial charge in [0.25, 0.3) is 0 Å². The summed E-state index contributed by atoms with van der Waals surface area (Å²) in [4.78, 5) is 10.3. The smallest absolute Gasteiger partial charge is 0.311 e. The van der Waals surface area contributed by atoms with Crippen LogP contribution in [0, 0.1) is 10.1 Å². The van der Waals surface area contributed by atoms with Crippen molar-refractivity contribution in [3.05, 3.63) is 63.1 Å². The van der Waals surface area contributed by atoms with Crippen molar-refractivity contribution in [2.75, 3.05) is 0 Å². The standard InChI is InChI=1S/C12H8BrNO3/c13-9-5-1-3-7-11(9)17-12-8-4-2-6-10(12)14(15)16/h1-8H. The molecule has 0 aliphatic rings. The van der Waals surface area contributed by atoms with E-state index in [1.54, 1.807) is 30.3 Å². The minimum Gasteiger partial charge on any atom is -0.449 e. The van der Waals surface area contributed by atoms with Gasteiger partial charge in [-0.3, -0.25) is 10.1 Å². The number of benzene rings is 2. The molecule has 0 aliphatic heterocycles. The van der Waals surface area contributed by atoms with Crippen molar-refractivity contribution in [2.24, 2.45) is 0 Å².